The van der Waals surface area contributed by atoms with Gasteiger partial charge < -0.3 is 15.1 Å². The van der Waals surface area contributed by atoms with Gasteiger partial charge in [0.25, 0.3) is 5.91 Å². The Kier molecular flexibility index (Phi) is 5.77. The van der Waals surface area contributed by atoms with E-state index in [0.29, 0.717) is 24.2 Å². The van der Waals surface area contributed by atoms with Gasteiger partial charge in [-0.25, -0.2) is 9.18 Å². The average molecular weight is 387 g/mol. The van der Waals surface area contributed by atoms with Crippen molar-refractivity contribution in [2.45, 2.75) is 38.3 Å². The topological polar surface area (TPSA) is 91.7 Å². The number of carbonyl (C=O) groups is 3. The van der Waals surface area contributed by atoms with Crippen LogP contribution in [0.1, 0.15) is 37.5 Å². The second-order valence-electron chi connectivity index (χ2n) is 6.69. The Bertz CT molecular complexity index is 851. The molecule has 2 aromatic rings. The maximum Gasteiger partial charge on any atom is 0.325 e. The van der Waals surface area contributed by atoms with Crippen molar-refractivity contribution in [2.75, 3.05) is 6.54 Å². The van der Waals surface area contributed by atoms with Crippen molar-refractivity contribution < 1.29 is 23.2 Å². The van der Waals surface area contributed by atoms with Gasteiger partial charge in [-0.1, -0.05) is 31.9 Å². The summed E-state index contributed by atoms with van der Waals surface area (Å²) >= 11 is 0. The van der Waals surface area contributed by atoms with Crippen LogP contribution in [0, 0.1) is 5.82 Å². The molecule has 1 fully saturated rings. The van der Waals surface area contributed by atoms with E-state index in [1.54, 1.807) is 12.1 Å². The molecule has 1 aromatic carbocycles. The first kappa shape index (κ1) is 19.6. The summed E-state index contributed by atoms with van der Waals surface area (Å²) in [4.78, 5) is 38.8. The van der Waals surface area contributed by atoms with Crippen molar-refractivity contribution in [2.24, 2.45) is 0 Å². The van der Waals surface area contributed by atoms with Crippen LogP contribution >= 0.6 is 0 Å². The van der Waals surface area contributed by atoms with Crippen LogP contribution in [-0.4, -0.2) is 29.3 Å². The van der Waals surface area contributed by atoms with Crippen LogP contribution in [0.2, 0.25) is 0 Å². The maximum atomic E-state index is 13.3. The van der Waals surface area contributed by atoms with Crippen molar-refractivity contribution in [1.82, 2.24) is 15.5 Å². The number of amides is 4. The number of hydrogen-bond acceptors (Lipinski definition) is 4. The zero-order chi connectivity index (χ0) is 20.1. The van der Waals surface area contributed by atoms with Crippen LogP contribution in [0.3, 0.4) is 0 Å². The number of urea groups is 1. The number of carbonyl (C=O) groups excluding carboxylic acids is 3. The van der Waals surface area contributed by atoms with E-state index in [1.807, 2.05) is 6.92 Å². The van der Waals surface area contributed by atoms with Gasteiger partial charge in [0, 0.05) is 0 Å². The largest absolute Gasteiger partial charge is 0.467 e. The molecule has 0 bridgehead atoms. The van der Waals surface area contributed by atoms with E-state index in [2.05, 4.69) is 10.6 Å². The standard InChI is InChI=1S/C20H22FN3O4/c1-2-3-10-20(14-6-8-15(21)9-7-14)18(26)24(19(27)23-20)13-17(25)22-12-16-5-4-11-28-16/h4-9,11H,2-3,10,12-13H2,1H3,(H,22,25)(H,23,27). The summed E-state index contributed by atoms with van der Waals surface area (Å²) in [5.74, 6) is -0.856. The highest BCUT2D eigenvalue weighted by Gasteiger charge is 2.52. The molecule has 0 spiro atoms. The van der Waals surface area contributed by atoms with Gasteiger partial charge >= 0.3 is 6.03 Å². The normalized spacial score (nSPS) is 19.0. The van der Waals surface area contributed by atoms with Crippen LogP contribution in [0.5, 0.6) is 0 Å². The van der Waals surface area contributed by atoms with E-state index < -0.39 is 35.7 Å². The van der Waals surface area contributed by atoms with E-state index in [-0.39, 0.29) is 6.54 Å². The second-order valence-corrected chi connectivity index (χ2v) is 6.69. The minimum atomic E-state index is -1.29. The Morgan fingerprint density at radius 3 is 2.64 bits per heavy atom. The lowest BCUT2D eigenvalue weighted by atomic mass is 9.85. The van der Waals surface area contributed by atoms with E-state index in [9.17, 15) is 18.8 Å². The van der Waals surface area contributed by atoms with Gasteiger partial charge in [-0.05, 0) is 36.2 Å². The first-order valence-corrected chi connectivity index (χ1v) is 9.15. The second kappa shape index (κ2) is 8.24. The molecule has 0 aliphatic carbocycles. The number of nitrogens with zero attached hydrogens (tertiary/aromatic N) is 1. The molecule has 1 unspecified atom stereocenters. The fourth-order valence-electron chi connectivity index (χ4n) is 3.25. The molecule has 1 aliphatic rings. The lowest BCUT2D eigenvalue weighted by molar-refractivity contribution is -0.135. The number of imide groups is 1. The molecule has 3 rings (SSSR count). The molecule has 1 atom stereocenters. The van der Waals surface area contributed by atoms with Crippen molar-refractivity contribution in [3.05, 3.63) is 59.8 Å². The van der Waals surface area contributed by atoms with Crippen LogP contribution in [0.4, 0.5) is 9.18 Å². The Morgan fingerprint density at radius 2 is 2.00 bits per heavy atom. The zero-order valence-corrected chi connectivity index (χ0v) is 15.5. The van der Waals surface area contributed by atoms with E-state index in [0.717, 1.165) is 11.3 Å². The van der Waals surface area contributed by atoms with Crippen molar-refractivity contribution in [1.29, 1.82) is 0 Å². The zero-order valence-electron chi connectivity index (χ0n) is 15.5. The Hall–Kier alpha value is -3.16. The van der Waals surface area contributed by atoms with Crippen molar-refractivity contribution in [3.8, 4) is 0 Å². The lowest BCUT2D eigenvalue weighted by Crippen LogP contribution is -2.45. The molecule has 28 heavy (non-hydrogen) atoms. The van der Waals surface area contributed by atoms with Gasteiger partial charge in [0.05, 0.1) is 12.8 Å². The molecule has 1 saturated heterocycles. The third-order valence-electron chi connectivity index (χ3n) is 4.76. The SMILES string of the molecule is CCCCC1(c2ccc(F)cc2)NC(=O)N(CC(=O)NCc2ccco2)C1=O. The molecule has 0 saturated carbocycles. The van der Waals surface area contributed by atoms with Crippen LogP contribution in [0.25, 0.3) is 0 Å². The first-order valence-electron chi connectivity index (χ1n) is 9.15. The molecule has 8 heteroatoms. The third-order valence-corrected chi connectivity index (χ3v) is 4.76. The molecule has 148 valence electrons. The molecular weight excluding hydrogens is 365 g/mol. The predicted octanol–water partition coefficient (Wildman–Crippen LogP) is 2.67. The van der Waals surface area contributed by atoms with Gasteiger partial charge in [-0.15, -0.1) is 0 Å². The first-order chi connectivity index (χ1) is 13.5. The Labute approximate surface area is 161 Å². The van der Waals surface area contributed by atoms with Gasteiger partial charge in [-0.2, -0.15) is 0 Å². The van der Waals surface area contributed by atoms with Crippen molar-refractivity contribution >= 4 is 17.8 Å². The highest BCUT2D eigenvalue weighted by Crippen LogP contribution is 2.34. The minimum Gasteiger partial charge on any atom is -0.467 e. The summed E-state index contributed by atoms with van der Waals surface area (Å²) in [5.41, 5.74) is -0.790. The van der Waals surface area contributed by atoms with Crippen LogP contribution in [-0.2, 0) is 21.7 Å². The molecule has 2 N–H and O–H groups in total. The number of furan rings is 1. The van der Waals surface area contributed by atoms with E-state index >= 15 is 0 Å². The summed E-state index contributed by atoms with van der Waals surface area (Å²) in [6.07, 6.45) is 3.35. The Morgan fingerprint density at radius 1 is 1.25 bits per heavy atom. The summed E-state index contributed by atoms with van der Waals surface area (Å²) in [5, 5.41) is 5.34. The molecule has 4 amide bonds. The molecule has 7 nitrogen and oxygen atoms in total. The highest BCUT2D eigenvalue weighted by molar-refractivity contribution is 6.09. The van der Waals surface area contributed by atoms with Gasteiger partial charge in [-0.3, -0.25) is 14.5 Å². The van der Waals surface area contributed by atoms with Crippen molar-refractivity contribution in [3.63, 3.8) is 0 Å². The maximum absolute atomic E-state index is 13.3. The minimum absolute atomic E-state index is 0.161. The number of halogens is 1. The van der Waals surface area contributed by atoms with Gasteiger partial charge in [0.1, 0.15) is 23.7 Å². The number of rotatable bonds is 8. The molecule has 2 heterocycles. The summed E-state index contributed by atoms with van der Waals surface area (Å²) in [6, 6.07) is 8.25. The number of benzene rings is 1. The number of nitrogens with one attached hydrogen (secondary N) is 2. The monoisotopic (exact) mass is 387 g/mol. The number of unbranched alkanes of at least 4 members (excludes halogenated alkanes) is 1. The quantitative estimate of drug-likeness (QED) is 0.681. The lowest BCUT2D eigenvalue weighted by Gasteiger charge is -2.27. The van der Waals surface area contributed by atoms with Gasteiger partial charge in [0.15, 0.2) is 0 Å². The fraction of sp³-hybridized carbons (Fsp3) is 0.350. The van der Waals surface area contributed by atoms with E-state index in [1.165, 1.54) is 30.5 Å². The number of hydrogen-bond donors (Lipinski definition) is 2. The average Bonchev–Trinajstić information content (AvgIpc) is 3.28. The molecule has 1 aliphatic heterocycles. The molecule has 0 radical (unpaired) electrons. The van der Waals surface area contributed by atoms with Gasteiger partial charge in [0.2, 0.25) is 5.91 Å². The smallest absolute Gasteiger partial charge is 0.325 e. The predicted molar refractivity (Wildman–Crippen MR) is 98.4 cm³/mol. The van der Waals surface area contributed by atoms with Crippen LogP contribution < -0.4 is 10.6 Å². The highest BCUT2D eigenvalue weighted by atomic mass is 19.1. The Balaban J connectivity index is 1.76. The summed E-state index contributed by atoms with van der Waals surface area (Å²) in [7, 11) is 0. The summed E-state index contributed by atoms with van der Waals surface area (Å²) < 4.78 is 18.5. The van der Waals surface area contributed by atoms with E-state index in [4.69, 9.17) is 4.42 Å². The third kappa shape index (κ3) is 3.90. The van der Waals surface area contributed by atoms with Crippen LogP contribution in [0.15, 0.2) is 47.1 Å². The fourth-order valence-corrected chi connectivity index (χ4v) is 3.25. The molecular formula is C20H22FN3O4. The summed E-state index contributed by atoms with van der Waals surface area (Å²) in [6.45, 7) is 1.73. The molecule has 1 aromatic heterocycles.